The lowest BCUT2D eigenvalue weighted by Crippen LogP contribution is -2.29. The van der Waals surface area contributed by atoms with E-state index in [0.29, 0.717) is 36.5 Å². The van der Waals surface area contributed by atoms with E-state index in [1.54, 1.807) is 30.3 Å². The molecule has 0 aliphatic carbocycles. The zero-order chi connectivity index (χ0) is 26.9. The molecular formula is C32H35F3O3. The molecule has 1 aliphatic rings. The van der Waals surface area contributed by atoms with Gasteiger partial charge in [-0.2, -0.15) is 4.39 Å². The second-order valence-corrected chi connectivity index (χ2v) is 9.57. The van der Waals surface area contributed by atoms with Gasteiger partial charge >= 0.3 is 0 Å². The third-order valence-electron chi connectivity index (χ3n) is 6.79. The fraction of sp³-hybridized carbons (Fsp3) is 0.375. The van der Waals surface area contributed by atoms with Gasteiger partial charge in [0.25, 0.3) is 0 Å². The molecule has 3 aromatic carbocycles. The van der Waals surface area contributed by atoms with Crippen LogP contribution in [0, 0.1) is 17.5 Å². The van der Waals surface area contributed by atoms with Crippen LogP contribution in [0.2, 0.25) is 0 Å². The number of ether oxygens (including phenoxy) is 3. The van der Waals surface area contributed by atoms with Crippen molar-refractivity contribution < 1.29 is 27.4 Å². The third kappa shape index (κ3) is 6.86. The number of hydrogen-bond acceptors (Lipinski definition) is 3. The minimum absolute atomic E-state index is 0.0694. The maximum Gasteiger partial charge on any atom is 0.201 e. The molecular weight excluding hydrogens is 489 g/mol. The first-order valence-corrected chi connectivity index (χ1v) is 13.4. The molecule has 202 valence electrons. The molecule has 4 rings (SSSR count). The van der Waals surface area contributed by atoms with Crippen molar-refractivity contribution in [3.05, 3.63) is 89.8 Å². The summed E-state index contributed by atoms with van der Waals surface area (Å²) in [6, 6.07) is 15.0. The average molecular weight is 525 g/mol. The maximum absolute atomic E-state index is 15.0. The van der Waals surface area contributed by atoms with Gasteiger partial charge in [0.05, 0.1) is 19.8 Å². The van der Waals surface area contributed by atoms with E-state index in [1.807, 2.05) is 25.1 Å². The Morgan fingerprint density at radius 2 is 1.50 bits per heavy atom. The maximum atomic E-state index is 15.0. The normalized spacial score (nSPS) is 17.7. The lowest BCUT2D eigenvalue weighted by atomic mass is 9.95. The molecule has 0 saturated carbocycles. The highest BCUT2D eigenvalue weighted by Gasteiger charge is 2.24. The highest BCUT2D eigenvalue weighted by molar-refractivity contribution is 5.71. The second-order valence-electron chi connectivity index (χ2n) is 9.57. The fourth-order valence-corrected chi connectivity index (χ4v) is 4.60. The van der Waals surface area contributed by atoms with Crippen LogP contribution in [0.3, 0.4) is 0 Å². The van der Waals surface area contributed by atoms with Gasteiger partial charge in [-0.15, -0.1) is 0 Å². The Hall–Kier alpha value is -3.09. The van der Waals surface area contributed by atoms with E-state index in [2.05, 4.69) is 6.92 Å². The van der Waals surface area contributed by atoms with Gasteiger partial charge in [-0.05, 0) is 59.9 Å². The smallest absolute Gasteiger partial charge is 0.201 e. The van der Waals surface area contributed by atoms with Crippen molar-refractivity contribution >= 4 is 0 Å². The molecule has 0 amide bonds. The Kier molecular flexibility index (Phi) is 10.0. The highest BCUT2D eigenvalue weighted by Crippen LogP contribution is 2.33. The molecule has 3 aromatic rings. The molecule has 0 radical (unpaired) electrons. The van der Waals surface area contributed by atoms with Crippen LogP contribution in [0.4, 0.5) is 13.2 Å². The Labute approximate surface area is 223 Å². The van der Waals surface area contributed by atoms with Crippen LogP contribution >= 0.6 is 0 Å². The van der Waals surface area contributed by atoms with E-state index in [4.69, 9.17) is 14.2 Å². The topological polar surface area (TPSA) is 27.7 Å². The molecule has 1 heterocycles. The fourth-order valence-electron chi connectivity index (χ4n) is 4.60. The molecule has 0 unspecified atom stereocenters. The van der Waals surface area contributed by atoms with E-state index in [9.17, 15) is 13.2 Å². The van der Waals surface area contributed by atoms with E-state index in [0.717, 1.165) is 31.2 Å². The van der Waals surface area contributed by atoms with Crippen molar-refractivity contribution in [3.8, 4) is 28.0 Å². The molecule has 1 fully saturated rings. The first kappa shape index (κ1) is 27.9. The van der Waals surface area contributed by atoms with Crippen LogP contribution in [0.5, 0.6) is 5.75 Å². The average Bonchev–Trinajstić information content (AvgIpc) is 2.94. The van der Waals surface area contributed by atoms with Gasteiger partial charge in [-0.3, -0.25) is 0 Å². The van der Waals surface area contributed by atoms with Gasteiger partial charge in [0.2, 0.25) is 5.82 Å². The summed E-state index contributed by atoms with van der Waals surface area (Å²) in [6.07, 6.45) is 8.54. The molecule has 6 heteroatoms. The molecule has 0 atom stereocenters. The molecule has 1 aliphatic heterocycles. The summed E-state index contributed by atoms with van der Waals surface area (Å²) in [5, 5.41) is 0. The third-order valence-corrected chi connectivity index (χ3v) is 6.79. The predicted molar refractivity (Wildman–Crippen MR) is 145 cm³/mol. The Morgan fingerprint density at radius 1 is 0.816 bits per heavy atom. The van der Waals surface area contributed by atoms with Crippen molar-refractivity contribution in [2.45, 2.75) is 58.2 Å². The SMILES string of the molecule is C/C=C/C1OCC(c2ccc(-c3ccc(-c4ccc(OCCCCCCC)c(F)c4F)cc3)cc2F)CO1. The Morgan fingerprint density at radius 3 is 2.18 bits per heavy atom. The van der Waals surface area contributed by atoms with Crippen molar-refractivity contribution in [2.75, 3.05) is 19.8 Å². The zero-order valence-corrected chi connectivity index (χ0v) is 22.0. The van der Waals surface area contributed by atoms with Crippen molar-refractivity contribution in [1.29, 1.82) is 0 Å². The molecule has 0 bridgehead atoms. The summed E-state index contributed by atoms with van der Waals surface area (Å²) in [7, 11) is 0. The predicted octanol–water partition coefficient (Wildman–Crippen LogP) is 8.82. The molecule has 3 nitrogen and oxygen atoms in total. The Bertz CT molecular complexity index is 1220. The first-order valence-electron chi connectivity index (χ1n) is 13.4. The first-order chi connectivity index (χ1) is 18.5. The van der Waals surface area contributed by atoms with Gasteiger partial charge in [0.1, 0.15) is 5.82 Å². The summed E-state index contributed by atoms with van der Waals surface area (Å²) in [5.74, 6) is -2.50. The summed E-state index contributed by atoms with van der Waals surface area (Å²) in [4.78, 5) is 0. The Balaban J connectivity index is 1.41. The quantitative estimate of drug-likeness (QED) is 0.185. The minimum Gasteiger partial charge on any atom is -0.490 e. The number of rotatable bonds is 11. The monoisotopic (exact) mass is 524 g/mol. The van der Waals surface area contributed by atoms with Crippen LogP contribution < -0.4 is 4.74 Å². The minimum atomic E-state index is -0.981. The van der Waals surface area contributed by atoms with E-state index < -0.39 is 11.6 Å². The number of unbranched alkanes of at least 4 members (excludes halogenated alkanes) is 4. The molecule has 1 saturated heterocycles. The molecule has 0 spiro atoms. The van der Waals surface area contributed by atoms with E-state index in [1.165, 1.54) is 24.6 Å². The lowest BCUT2D eigenvalue weighted by molar-refractivity contribution is -0.159. The number of hydrogen-bond donors (Lipinski definition) is 0. The number of allylic oxidation sites excluding steroid dienone is 1. The van der Waals surface area contributed by atoms with Crippen LogP contribution in [-0.2, 0) is 9.47 Å². The second kappa shape index (κ2) is 13.6. The summed E-state index contributed by atoms with van der Waals surface area (Å²) >= 11 is 0. The number of halogens is 3. The molecule has 0 aromatic heterocycles. The van der Waals surface area contributed by atoms with Gasteiger partial charge in [0.15, 0.2) is 17.9 Å². The molecule has 0 N–H and O–H groups in total. The summed E-state index contributed by atoms with van der Waals surface area (Å²) in [5.41, 5.74) is 2.69. The van der Waals surface area contributed by atoms with Crippen LogP contribution in [0.25, 0.3) is 22.3 Å². The molecule has 38 heavy (non-hydrogen) atoms. The summed E-state index contributed by atoms with van der Waals surface area (Å²) in [6.45, 7) is 5.16. The number of benzene rings is 3. The van der Waals surface area contributed by atoms with Gasteiger partial charge in [-0.1, -0.05) is 75.1 Å². The van der Waals surface area contributed by atoms with Crippen LogP contribution in [-0.4, -0.2) is 26.1 Å². The summed E-state index contributed by atoms with van der Waals surface area (Å²) < 4.78 is 61.2. The van der Waals surface area contributed by atoms with E-state index >= 15 is 0 Å². The van der Waals surface area contributed by atoms with Crippen molar-refractivity contribution in [1.82, 2.24) is 0 Å². The van der Waals surface area contributed by atoms with Crippen LogP contribution in [0.1, 0.15) is 57.4 Å². The van der Waals surface area contributed by atoms with Gasteiger partial charge in [-0.25, -0.2) is 8.78 Å². The lowest BCUT2D eigenvalue weighted by Gasteiger charge is -2.28. The van der Waals surface area contributed by atoms with Crippen LogP contribution in [0.15, 0.2) is 66.7 Å². The zero-order valence-electron chi connectivity index (χ0n) is 22.0. The standard InChI is InChI=1S/C32H35F3O3/c1-3-5-6-7-8-18-36-29-17-16-27(31(34)32(29)35)23-12-10-22(11-13-23)24-14-15-26(28(33)19-24)25-20-37-30(9-4-2)38-21-25/h4,9-17,19,25,30H,3,5-8,18,20-21H2,1-2H3/b9-4+. The largest absolute Gasteiger partial charge is 0.490 e. The van der Waals surface area contributed by atoms with Gasteiger partial charge < -0.3 is 14.2 Å². The van der Waals surface area contributed by atoms with Crippen molar-refractivity contribution in [2.24, 2.45) is 0 Å². The van der Waals surface area contributed by atoms with Crippen molar-refractivity contribution in [3.63, 3.8) is 0 Å². The van der Waals surface area contributed by atoms with E-state index in [-0.39, 0.29) is 29.3 Å². The van der Waals surface area contributed by atoms with Gasteiger partial charge in [0, 0.05) is 11.5 Å². The highest BCUT2D eigenvalue weighted by atomic mass is 19.2.